The first kappa shape index (κ1) is 21.8. The van der Waals surface area contributed by atoms with Gasteiger partial charge in [0.2, 0.25) is 0 Å². The van der Waals surface area contributed by atoms with Crippen LogP contribution in [0.4, 0.5) is 4.79 Å². The molecule has 30 heavy (non-hydrogen) atoms. The van der Waals surface area contributed by atoms with E-state index in [-0.39, 0.29) is 5.91 Å². The van der Waals surface area contributed by atoms with Crippen LogP contribution < -0.4 is 25.2 Å². The number of urea groups is 1. The number of hydrogen-bond donors (Lipinski definition) is 4. The molecule has 1 fully saturated rings. The van der Waals surface area contributed by atoms with Gasteiger partial charge >= 0.3 is 6.03 Å². The van der Waals surface area contributed by atoms with Crippen molar-refractivity contribution in [2.75, 3.05) is 45.9 Å². The molecule has 0 spiro atoms. The van der Waals surface area contributed by atoms with E-state index in [0.717, 1.165) is 44.0 Å². The Labute approximate surface area is 178 Å². The average molecular weight is 413 g/mol. The zero-order chi connectivity index (χ0) is 21.2. The summed E-state index contributed by atoms with van der Waals surface area (Å²) in [5.74, 6) is 0.644. The Morgan fingerprint density at radius 1 is 0.967 bits per heavy atom. The van der Waals surface area contributed by atoms with Gasteiger partial charge in [0.1, 0.15) is 45.1 Å². The number of quaternary nitrogens is 2. The van der Waals surface area contributed by atoms with Gasteiger partial charge in [-0.2, -0.15) is 0 Å². The summed E-state index contributed by atoms with van der Waals surface area (Å²) in [5.41, 5.74) is 0.935. The van der Waals surface area contributed by atoms with E-state index in [1.54, 1.807) is 0 Å². The number of imide groups is 1. The van der Waals surface area contributed by atoms with Crippen LogP contribution in [0.1, 0.15) is 18.5 Å². The summed E-state index contributed by atoms with van der Waals surface area (Å²) in [7, 11) is 0. The molecule has 1 atom stereocenters. The average Bonchev–Trinajstić information content (AvgIpc) is 2.77. The molecule has 1 heterocycles. The molecular formula is C23H32N4O3+2. The van der Waals surface area contributed by atoms with Gasteiger partial charge in [0.05, 0.1) is 0 Å². The fraction of sp³-hybridized carbons (Fsp3) is 0.391. The highest BCUT2D eigenvalue weighted by molar-refractivity contribution is 5.96. The fourth-order valence-electron chi connectivity index (χ4n) is 3.90. The summed E-state index contributed by atoms with van der Waals surface area (Å²) in [6, 6.07) is 18.7. The lowest BCUT2D eigenvalue weighted by molar-refractivity contribution is -1.02. The fourth-order valence-corrected chi connectivity index (χ4v) is 3.90. The second-order valence-electron chi connectivity index (χ2n) is 7.51. The van der Waals surface area contributed by atoms with Crippen LogP contribution in [0, 0.1) is 0 Å². The minimum Gasteiger partial charge on any atom is -0.488 e. The van der Waals surface area contributed by atoms with Crippen LogP contribution in [0.15, 0.2) is 60.7 Å². The number of para-hydroxylation sites is 1. The Hall–Kier alpha value is -2.90. The van der Waals surface area contributed by atoms with Gasteiger partial charge in [-0.15, -0.1) is 0 Å². The molecule has 0 aliphatic carbocycles. The molecule has 1 aliphatic rings. The van der Waals surface area contributed by atoms with E-state index in [4.69, 9.17) is 4.74 Å². The summed E-state index contributed by atoms with van der Waals surface area (Å²) in [6.07, 6.45) is 0. The van der Waals surface area contributed by atoms with Crippen molar-refractivity contribution in [2.45, 2.75) is 13.0 Å². The Bertz CT molecular complexity index is 793. The number of nitrogens with one attached hydrogen (secondary N) is 4. The topological polar surface area (TPSA) is 76.3 Å². The van der Waals surface area contributed by atoms with E-state index in [9.17, 15) is 9.59 Å². The highest BCUT2D eigenvalue weighted by Gasteiger charge is 2.36. The molecule has 0 saturated carbocycles. The summed E-state index contributed by atoms with van der Waals surface area (Å²) in [6.45, 7) is 7.57. The third-order valence-electron chi connectivity index (χ3n) is 5.44. The first-order valence-electron chi connectivity index (χ1n) is 10.7. The lowest BCUT2D eigenvalue weighted by Gasteiger charge is -2.34. The molecule has 1 aliphatic heterocycles. The first-order chi connectivity index (χ1) is 14.7. The lowest BCUT2D eigenvalue weighted by atomic mass is 10.0. The minimum absolute atomic E-state index is 0.252. The molecule has 0 radical (unpaired) electrons. The molecule has 7 nitrogen and oxygen atoms in total. The number of carbonyl (C=O) groups excluding carboxylic acids is 2. The Balaban J connectivity index is 1.55. The lowest BCUT2D eigenvalue weighted by Crippen LogP contribution is -3.28. The van der Waals surface area contributed by atoms with Crippen molar-refractivity contribution in [3.8, 4) is 5.75 Å². The largest absolute Gasteiger partial charge is 0.488 e. The standard InChI is InChI=1S/C23H30N4O3/c1-2-24-23(29)25-22(28)21(19-9-5-3-6-10-19)27-15-13-26(14-16-27)17-18-30-20-11-7-4-8-12-20/h3-12,21H,2,13-18H2,1H3,(H2,24,25,28,29)/p+2/t21-/m1/s1. The zero-order valence-electron chi connectivity index (χ0n) is 17.5. The number of benzene rings is 2. The number of carbonyl (C=O) groups is 2. The van der Waals surface area contributed by atoms with E-state index in [1.807, 2.05) is 67.6 Å². The first-order valence-corrected chi connectivity index (χ1v) is 10.7. The molecule has 0 bridgehead atoms. The smallest absolute Gasteiger partial charge is 0.321 e. The number of amides is 3. The molecule has 160 valence electrons. The van der Waals surface area contributed by atoms with Gasteiger partial charge in [-0.05, 0) is 19.1 Å². The van der Waals surface area contributed by atoms with Crippen LogP contribution in [0.25, 0.3) is 0 Å². The van der Waals surface area contributed by atoms with E-state index >= 15 is 0 Å². The normalized spacial score (nSPS) is 19.5. The maximum atomic E-state index is 12.9. The van der Waals surface area contributed by atoms with Crippen molar-refractivity contribution in [2.24, 2.45) is 0 Å². The molecule has 3 amide bonds. The molecule has 2 aromatic rings. The van der Waals surface area contributed by atoms with Crippen molar-refractivity contribution in [1.29, 1.82) is 0 Å². The second-order valence-corrected chi connectivity index (χ2v) is 7.51. The Morgan fingerprint density at radius 3 is 2.23 bits per heavy atom. The van der Waals surface area contributed by atoms with Crippen LogP contribution in [0.3, 0.4) is 0 Å². The van der Waals surface area contributed by atoms with Crippen LogP contribution in [-0.2, 0) is 4.79 Å². The van der Waals surface area contributed by atoms with Gasteiger partial charge in [-0.1, -0.05) is 48.5 Å². The molecule has 2 aromatic carbocycles. The molecule has 4 N–H and O–H groups in total. The SMILES string of the molecule is CCNC(=O)NC(=O)[C@@H](c1ccccc1)[NH+]1CC[NH+](CCOc2ccccc2)CC1. The van der Waals surface area contributed by atoms with Crippen molar-refractivity contribution < 1.29 is 24.1 Å². The van der Waals surface area contributed by atoms with Crippen molar-refractivity contribution >= 4 is 11.9 Å². The number of hydrogen-bond acceptors (Lipinski definition) is 3. The van der Waals surface area contributed by atoms with Gasteiger partial charge in [-0.3, -0.25) is 10.1 Å². The van der Waals surface area contributed by atoms with E-state index in [2.05, 4.69) is 10.6 Å². The highest BCUT2D eigenvalue weighted by atomic mass is 16.5. The van der Waals surface area contributed by atoms with Crippen LogP contribution in [0.5, 0.6) is 5.75 Å². The van der Waals surface area contributed by atoms with E-state index < -0.39 is 12.1 Å². The predicted octanol–water partition coefficient (Wildman–Crippen LogP) is -0.564. The van der Waals surface area contributed by atoms with Crippen molar-refractivity contribution in [1.82, 2.24) is 10.6 Å². The number of ether oxygens (including phenoxy) is 1. The predicted molar refractivity (Wildman–Crippen MR) is 115 cm³/mol. The molecule has 0 aromatic heterocycles. The molecule has 7 heteroatoms. The van der Waals surface area contributed by atoms with Crippen LogP contribution >= 0.6 is 0 Å². The summed E-state index contributed by atoms with van der Waals surface area (Å²) < 4.78 is 5.82. The van der Waals surface area contributed by atoms with Crippen LogP contribution in [-0.4, -0.2) is 57.8 Å². The molecule has 0 unspecified atom stereocenters. The summed E-state index contributed by atoms with van der Waals surface area (Å²) in [5, 5.41) is 5.14. The van der Waals surface area contributed by atoms with Gasteiger partial charge in [0.25, 0.3) is 5.91 Å². The van der Waals surface area contributed by atoms with E-state index in [0.29, 0.717) is 13.2 Å². The van der Waals surface area contributed by atoms with Gasteiger partial charge < -0.3 is 19.9 Å². The number of rotatable bonds is 8. The maximum absolute atomic E-state index is 12.9. The third-order valence-corrected chi connectivity index (χ3v) is 5.44. The summed E-state index contributed by atoms with van der Waals surface area (Å²) in [4.78, 5) is 27.5. The van der Waals surface area contributed by atoms with Crippen molar-refractivity contribution in [3.05, 3.63) is 66.2 Å². The molecular weight excluding hydrogens is 380 g/mol. The summed E-state index contributed by atoms with van der Waals surface area (Å²) >= 11 is 0. The van der Waals surface area contributed by atoms with Gasteiger partial charge in [0, 0.05) is 12.1 Å². The Kier molecular flexibility index (Phi) is 8.23. The molecule has 3 rings (SSSR count). The zero-order valence-corrected chi connectivity index (χ0v) is 17.5. The Morgan fingerprint density at radius 2 is 1.60 bits per heavy atom. The monoisotopic (exact) mass is 412 g/mol. The highest BCUT2D eigenvalue weighted by Crippen LogP contribution is 2.10. The van der Waals surface area contributed by atoms with Crippen LogP contribution in [0.2, 0.25) is 0 Å². The maximum Gasteiger partial charge on any atom is 0.321 e. The van der Waals surface area contributed by atoms with Gasteiger partial charge in [-0.25, -0.2) is 4.79 Å². The quantitative estimate of drug-likeness (QED) is 0.469. The van der Waals surface area contributed by atoms with Crippen molar-refractivity contribution in [3.63, 3.8) is 0 Å². The third kappa shape index (κ3) is 6.30. The molecule has 1 saturated heterocycles. The second kappa shape index (κ2) is 11.3. The van der Waals surface area contributed by atoms with Gasteiger partial charge in [0.15, 0.2) is 6.04 Å². The minimum atomic E-state index is -0.440. The number of piperazine rings is 1. The van der Waals surface area contributed by atoms with E-state index in [1.165, 1.54) is 9.80 Å².